The molecule has 12 heteroatoms. The van der Waals surface area contributed by atoms with Gasteiger partial charge in [-0.05, 0) is 47.9 Å². The number of anilines is 1. The molecule has 0 aliphatic heterocycles. The molecule has 0 unspecified atom stereocenters. The van der Waals surface area contributed by atoms with E-state index >= 15 is 0 Å². The van der Waals surface area contributed by atoms with Crippen LogP contribution in [0, 0.1) is 0 Å². The van der Waals surface area contributed by atoms with Crippen molar-refractivity contribution in [2.24, 2.45) is 0 Å². The van der Waals surface area contributed by atoms with Crippen molar-refractivity contribution >= 4 is 73.9 Å². The Bertz CT molecular complexity index is 1470. The van der Waals surface area contributed by atoms with Gasteiger partial charge in [-0.15, -0.1) is 0 Å². The molecule has 0 aromatic heterocycles. The van der Waals surface area contributed by atoms with Crippen molar-refractivity contribution < 1.29 is 18.0 Å². The molecule has 0 bridgehead atoms. The fourth-order valence-corrected chi connectivity index (χ4v) is 5.92. The molecule has 2 amide bonds. The van der Waals surface area contributed by atoms with Crippen molar-refractivity contribution in [3.63, 3.8) is 0 Å². The number of carbonyl (C=O) groups is 2. The fraction of sp³-hybridized carbons (Fsp3) is 0.310. The van der Waals surface area contributed by atoms with Crippen LogP contribution in [-0.2, 0) is 32.6 Å². The van der Waals surface area contributed by atoms with Crippen LogP contribution in [0.25, 0.3) is 0 Å². The zero-order chi connectivity index (χ0) is 30.2. The number of sulfonamides is 1. The number of hydrogen-bond acceptors (Lipinski definition) is 4. The topological polar surface area (TPSA) is 86.8 Å². The maximum atomic E-state index is 14.1. The molecule has 0 aliphatic carbocycles. The zero-order valence-corrected chi connectivity index (χ0v) is 26.5. The van der Waals surface area contributed by atoms with Crippen LogP contribution in [0.5, 0.6) is 0 Å². The van der Waals surface area contributed by atoms with Crippen LogP contribution in [0.2, 0.25) is 20.1 Å². The Morgan fingerprint density at radius 3 is 2.20 bits per heavy atom. The summed E-state index contributed by atoms with van der Waals surface area (Å²) in [6.45, 7) is 1.82. The van der Waals surface area contributed by atoms with Gasteiger partial charge in [-0.25, -0.2) is 8.42 Å². The number of nitrogens with one attached hydrogen (secondary N) is 1. The van der Waals surface area contributed by atoms with Gasteiger partial charge in [0.15, 0.2) is 0 Å². The first kappa shape index (κ1) is 33.0. The first-order chi connectivity index (χ1) is 19.4. The minimum Gasteiger partial charge on any atom is -0.354 e. The lowest BCUT2D eigenvalue weighted by Gasteiger charge is -2.33. The summed E-state index contributed by atoms with van der Waals surface area (Å²) in [7, 11) is -3.97. The van der Waals surface area contributed by atoms with E-state index in [1.54, 1.807) is 18.2 Å². The number of rotatable bonds is 13. The summed E-state index contributed by atoms with van der Waals surface area (Å²) < 4.78 is 26.7. The van der Waals surface area contributed by atoms with E-state index in [9.17, 15) is 18.0 Å². The van der Waals surface area contributed by atoms with E-state index in [-0.39, 0.29) is 34.6 Å². The summed E-state index contributed by atoms with van der Waals surface area (Å²) in [5.41, 5.74) is 1.53. The molecular formula is C29H31Cl4N3O4S. The number of unbranched alkanes of at least 4 members (excludes halogenated alkanes) is 1. The third kappa shape index (κ3) is 9.51. The van der Waals surface area contributed by atoms with Gasteiger partial charge >= 0.3 is 0 Å². The average Bonchev–Trinajstić information content (AvgIpc) is 2.91. The molecule has 0 aliphatic rings. The molecule has 0 saturated heterocycles. The van der Waals surface area contributed by atoms with E-state index in [0.717, 1.165) is 29.0 Å². The highest BCUT2D eigenvalue weighted by Gasteiger charge is 2.33. The fourth-order valence-electron chi connectivity index (χ4n) is 4.17. The number of benzene rings is 3. The van der Waals surface area contributed by atoms with Crippen LogP contribution in [0.1, 0.15) is 30.9 Å². The van der Waals surface area contributed by atoms with Crippen LogP contribution >= 0.6 is 46.4 Å². The van der Waals surface area contributed by atoms with Gasteiger partial charge in [-0.2, -0.15) is 0 Å². The zero-order valence-electron chi connectivity index (χ0n) is 22.6. The maximum Gasteiger partial charge on any atom is 0.244 e. The summed E-state index contributed by atoms with van der Waals surface area (Å²) in [6, 6.07) is 17.6. The predicted molar refractivity (Wildman–Crippen MR) is 168 cm³/mol. The summed E-state index contributed by atoms with van der Waals surface area (Å²) >= 11 is 24.7. The lowest BCUT2D eigenvalue weighted by molar-refractivity contribution is -0.140. The minimum absolute atomic E-state index is 0.0274. The molecule has 3 aromatic carbocycles. The molecule has 0 heterocycles. The summed E-state index contributed by atoms with van der Waals surface area (Å²) in [5, 5.41) is 3.93. The Labute approximate surface area is 261 Å². The molecule has 1 N–H and O–H groups in total. The second kappa shape index (κ2) is 15.1. The molecular weight excluding hydrogens is 628 g/mol. The SMILES string of the molecule is CCCCNC(=O)[C@H](Cc1ccccc1)N(Cc1ccc(Cl)c(Cl)c1)C(=O)CN(c1ccc(Cl)cc1Cl)S(C)(=O)=O. The van der Waals surface area contributed by atoms with Gasteiger partial charge in [0, 0.05) is 24.5 Å². The van der Waals surface area contributed by atoms with E-state index in [4.69, 9.17) is 46.4 Å². The molecule has 0 fully saturated rings. The molecule has 3 aromatic rings. The van der Waals surface area contributed by atoms with Crippen LogP contribution in [0.4, 0.5) is 5.69 Å². The molecule has 0 radical (unpaired) electrons. The molecule has 7 nitrogen and oxygen atoms in total. The van der Waals surface area contributed by atoms with Crippen LogP contribution in [-0.4, -0.2) is 50.5 Å². The predicted octanol–water partition coefficient (Wildman–Crippen LogP) is 6.62. The highest BCUT2D eigenvalue weighted by Crippen LogP contribution is 2.31. The van der Waals surface area contributed by atoms with Crippen molar-refractivity contribution in [1.82, 2.24) is 10.2 Å². The van der Waals surface area contributed by atoms with E-state index < -0.39 is 28.5 Å². The molecule has 0 spiro atoms. The van der Waals surface area contributed by atoms with Crippen LogP contribution in [0.3, 0.4) is 0 Å². The van der Waals surface area contributed by atoms with Gasteiger partial charge in [-0.1, -0.05) is 96.1 Å². The van der Waals surface area contributed by atoms with Gasteiger partial charge in [0.05, 0.1) is 27.0 Å². The highest BCUT2D eigenvalue weighted by atomic mass is 35.5. The molecule has 1 atom stereocenters. The van der Waals surface area contributed by atoms with Crippen LogP contribution < -0.4 is 9.62 Å². The second-order valence-corrected chi connectivity index (χ2v) is 13.1. The lowest BCUT2D eigenvalue weighted by Crippen LogP contribution is -2.53. The highest BCUT2D eigenvalue weighted by molar-refractivity contribution is 7.92. The summed E-state index contributed by atoms with van der Waals surface area (Å²) in [4.78, 5) is 29.1. The Kier molecular flexibility index (Phi) is 12.2. The quantitative estimate of drug-likeness (QED) is 0.209. The monoisotopic (exact) mass is 657 g/mol. The summed E-state index contributed by atoms with van der Waals surface area (Å²) in [5.74, 6) is -0.967. The number of nitrogens with zero attached hydrogens (tertiary/aromatic N) is 2. The average molecular weight is 659 g/mol. The Hall–Kier alpha value is -2.49. The maximum absolute atomic E-state index is 14.1. The first-order valence-electron chi connectivity index (χ1n) is 12.9. The van der Waals surface area contributed by atoms with Gasteiger partial charge in [-0.3, -0.25) is 13.9 Å². The van der Waals surface area contributed by atoms with Crippen molar-refractivity contribution in [3.05, 3.63) is 97.9 Å². The Morgan fingerprint density at radius 2 is 1.59 bits per heavy atom. The first-order valence-corrected chi connectivity index (χ1v) is 16.2. The van der Waals surface area contributed by atoms with Crippen molar-refractivity contribution in [3.8, 4) is 0 Å². The van der Waals surface area contributed by atoms with E-state index in [0.29, 0.717) is 22.2 Å². The number of hydrogen-bond donors (Lipinski definition) is 1. The largest absolute Gasteiger partial charge is 0.354 e. The minimum atomic E-state index is -3.97. The van der Waals surface area contributed by atoms with Gasteiger partial charge < -0.3 is 10.2 Å². The molecule has 41 heavy (non-hydrogen) atoms. The molecule has 3 rings (SSSR count). The van der Waals surface area contributed by atoms with E-state index in [1.165, 1.54) is 23.1 Å². The number of carbonyl (C=O) groups excluding carboxylic acids is 2. The number of halogens is 4. The third-order valence-electron chi connectivity index (χ3n) is 6.30. The van der Waals surface area contributed by atoms with E-state index in [1.807, 2.05) is 37.3 Å². The number of amides is 2. The molecule has 0 saturated carbocycles. The second-order valence-electron chi connectivity index (χ2n) is 9.49. The van der Waals surface area contributed by atoms with Crippen LogP contribution in [0.15, 0.2) is 66.7 Å². The smallest absolute Gasteiger partial charge is 0.244 e. The van der Waals surface area contributed by atoms with Gasteiger partial charge in [0.25, 0.3) is 0 Å². The molecule has 220 valence electrons. The Balaban J connectivity index is 2.07. The standard InChI is InChI=1S/C29H31Cl4N3O4S/c1-3-4-14-34-29(38)27(16-20-8-6-5-7-9-20)35(18-21-10-12-23(31)24(32)15-21)28(37)19-36(41(2,39)40)26-13-11-22(30)17-25(26)33/h5-13,15,17,27H,3-4,14,16,18-19H2,1-2H3,(H,34,38)/t27-/m0/s1. The Morgan fingerprint density at radius 1 is 0.878 bits per heavy atom. The van der Waals surface area contributed by atoms with Gasteiger partial charge in [0.2, 0.25) is 21.8 Å². The lowest BCUT2D eigenvalue weighted by atomic mass is 10.0. The van der Waals surface area contributed by atoms with Gasteiger partial charge in [0.1, 0.15) is 12.6 Å². The van der Waals surface area contributed by atoms with Crippen molar-refractivity contribution in [2.45, 2.75) is 38.8 Å². The van der Waals surface area contributed by atoms with E-state index in [2.05, 4.69) is 5.32 Å². The normalized spacial score (nSPS) is 12.0. The van der Waals surface area contributed by atoms with Crippen molar-refractivity contribution in [1.29, 1.82) is 0 Å². The third-order valence-corrected chi connectivity index (χ3v) is 8.70. The van der Waals surface area contributed by atoms with Crippen molar-refractivity contribution in [2.75, 3.05) is 23.7 Å². The summed E-state index contributed by atoms with van der Waals surface area (Å²) in [6.07, 6.45) is 2.82.